The van der Waals surface area contributed by atoms with Crippen LogP contribution in [0.4, 0.5) is 0 Å². The Morgan fingerprint density at radius 3 is 2.63 bits per heavy atom. The Bertz CT molecular complexity index is 391. The van der Waals surface area contributed by atoms with E-state index in [-0.39, 0.29) is 5.91 Å². The fourth-order valence-corrected chi connectivity index (χ4v) is 2.49. The van der Waals surface area contributed by atoms with Crippen molar-refractivity contribution in [2.45, 2.75) is 50.5 Å². The van der Waals surface area contributed by atoms with Crippen molar-refractivity contribution in [2.24, 2.45) is 5.73 Å². The molecule has 0 saturated heterocycles. The number of amides is 1. The van der Waals surface area contributed by atoms with Gasteiger partial charge in [0.15, 0.2) is 0 Å². The number of nitrogens with one attached hydrogen (secondary N) is 1. The summed E-state index contributed by atoms with van der Waals surface area (Å²) in [6.45, 7) is 0.757. The molecule has 0 aliphatic heterocycles. The molecule has 1 aromatic carbocycles. The zero-order valence-electron chi connectivity index (χ0n) is 11.5. The van der Waals surface area contributed by atoms with E-state index < -0.39 is 0 Å². The zero-order valence-corrected chi connectivity index (χ0v) is 11.5. The highest BCUT2D eigenvalue weighted by molar-refractivity contribution is 5.76. The molecular formula is C16H24N2O. The van der Waals surface area contributed by atoms with E-state index >= 15 is 0 Å². The second-order valence-electron chi connectivity index (χ2n) is 5.38. The standard InChI is InChI=1S/C16H24N2O/c17-11-7-2-1-6-10-16(19)18-15-12-14(15)13-8-4-3-5-9-13/h3-5,8-9,14-15H,1-2,6-7,10-12,17H2,(H,18,19). The lowest BCUT2D eigenvalue weighted by atomic mass is 10.1. The normalized spacial score (nSPS) is 21.1. The average Bonchev–Trinajstić information content (AvgIpc) is 3.19. The van der Waals surface area contributed by atoms with Crippen LogP contribution in [0, 0.1) is 0 Å². The topological polar surface area (TPSA) is 55.1 Å². The first-order valence-corrected chi connectivity index (χ1v) is 7.35. The second-order valence-corrected chi connectivity index (χ2v) is 5.38. The van der Waals surface area contributed by atoms with E-state index in [2.05, 4.69) is 29.6 Å². The smallest absolute Gasteiger partial charge is 0.220 e. The van der Waals surface area contributed by atoms with Crippen molar-refractivity contribution in [1.82, 2.24) is 5.32 Å². The number of hydrogen-bond acceptors (Lipinski definition) is 2. The van der Waals surface area contributed by atoms with Gasteiger partial charge in [0.1, 0.15) is 0 Å². The van der Waals surface area contributed by atoms with Gasteiger partial charge in [-0.3, -0.25) is 4.79 Å². The van der Waals surface area contributed by atoms with E-state index in [4.69, 9.17) is 5.73 Å². The molecule has 0 radical (unpaired) electrons. The number of benzene rings is 1. The minimum absolute atomic E-state index is 0.205. The van der Waals surface area contributed by atoms with E-state index in [9.17, 15) is 4.79 Å². The van der Waals surface area contributed by atoms with Crippen LogP contribution in [0.1, 0.15) is 50.0 Å². The minimum atomic E-state index is 0.205. The van der Waals surface area contributed by atoms with Crippen LogP contribution in [-0.4, -0.2) is 18.5 Å². The molecule has 19 heavy (non-hydrogen) atoms. The van der Waals surface area contributed by atoms with Crippen molar-refractivity contribution in [3.63, 3.8) is 0 Å². The summed E-state index contributed by atoms with van der Waals surface area (Å²) in [5, 5.41) is 3.13. The van der Waals surface area contributed by atoms with Crippen LogP contribution in [-0.2, 0) is 4.79 Å². The van der Waals surface area contributed by atoms with Crippen molar-refractivity contribution in [3.8, 4) is 0 Å². The molecule has 0 spiro atoms. The molecule has 3 nitrogen and oxygen atoms in total. The second kappa shape index (κ2) is 7.29. The van der Waals surface area contributed by atoms with Crippen molar-refractivity contribution in [2.75, 3.05) is 6.54 Å². The van der Waals surface area contributed by atoms with Crippen molar-refractivity contribution >= 4 is 5.91 Å². The third kappa shape index (κ3) is 4.67. The Balaban J connectivity index is 1.60. The minimum Gasteiger partial charge on any atom is -0.353 e. The van der Waals surface area contributed by atoms with Gasteiger partial charge >= 0.3 is 0 Å². The van der Waals surface area contributed by atoms with E-state index in [1.807, 2.05) is 6.07 Å². The maximum atomic E-state index is 11.8. The number of carbonyl (C=O) groups is 1. The summed E-state index contributed by atoms with van der Waals surface area (Å²) in [7, 11) is 0. The number of rotatable bonds is 8. The predicted octanol–water partition coefficient (Wildman–Crippen LogP) is 2.57. The molecule has 3 heteroatoms. The third-order valence-corrected chi connectivity index (χ3v) is 3.72. The summed E-state index contributed by atoms with van der Waals surface area (Å²) < 4.78 is 0. The predicted molar refractivity (Wildman–Crippen MR) is 77.9 cm³/mol. The Morgan fingerprint density at radius 1 is 1.16 bits per heavy atom. The summed E-state index contributed by atoms with van der Waals surface area (Å²) in [5.41, 5.74) is 6.78. The monoisotopic (exact) mass is 260 g/mol. The molecule has 3 N–H and O–H groups in total. The molecule has 104 valence electrons. The SMILES string of the molecule is NCCCCCCC(=O)NC1CC1c1ccccc1. The molecule has 1 fully saturated rings. The van der Waals surface area contributed by atoms with Crippen LogP contribution < -0.4 is 11.1 Å². The van der Waals surface area contributed by atoms with Crippen LogP contribution in [0.5, 0.6) is 0 Å². The number of hydrogen-bond donors (Lipinski definition) is 2. The Kier molecular flexibility index (Phi) is 5.40. The largest absolute Gasteiger partial charge is 0.353 e. The zero-order chi connectivity index (χ0) is 13.5. The molecule has 0 aromatic heterocycles. The van der Waals surface area contributed by atoms with Gasteiger partial charge in [-0.1, -0.05) is 43.2 Å². The van der Waals surface area contributed by atoms with Crippen LogP contribution in [0.2, 0.25) is 0 Å². The van der Waals surface area contributed by atoms with E-state index in [0.29, 0.717) is 18.4 Å². The van der Waals surface area contributed by atoms with Crippen molar-refractivity contribution in [3.05, 3.63) is 35.9 Å². The third-order valence-electron chi connectivity index (χ3n) is 3.72. The van der Waals surface area contributed by atoms with Crippen molar-refractivity contribution in [1.29, 1.82) is 0 Å². The van der Waals surface area contributed by atoms with E-state index in [1.165, 1.54) is 5.56 Å². The van der Waals surface area contributed by atoms with Gasteiger partial charge in [0.25, 0.3) is 0 Å². The van der Waals surface area contributed by atoms with Gasteiger partial charge in [0, 0.05) is 18.4 Å². The van der Waals surface area contributed by atoms with Gasteiger partial charge in [0.05, 0.1) is 0 Å². The molecule has 1 saturated carbocycles. The summed E-state index contributed by atoms with van der Waals surface area (Å²) in [4.78, 5) is 11.8. The first-order chi connectivity index (χ1) is 9.31. The Hall–Kier alpha value is -1.35. The maximum Gasteiger partial charge on any atom is 0.220 e. The molecule has 0 bridgehead atoms. The van der Waals surface area contributed by atoms with E-state index in [1.54, 1.807) is 0 Å². The highest BCUT2D eigenvalue weighted by atomic mass is 16.1. The highest BCUT2D eigenvalue weighted by Gasteiger charge is 2.38. The quantitative estimate of drug-likeness (QED) is 0.706. The number of nitrogens with two attached hydrogens (primary N) is 1. The number of carbonyl (C=O) groups excluding carboxylic acids is 1. The summed E-state index contributed by atoms with van der Waals surface area (Å²) in [6.07, 6.45) is 6.04. The van der Waals surface area contributed by atoms with Gasteiger partial charge in [-0.25, -0.2) is 0 Å². The van der Waals surface area contributed by atoms with Gasteiger partial charge < -0.3 is 11.1 Å². The Labute approximate surface area is 115 Å². The van der Waals surface area contributed by atoms with Crippen LogP contribution in [0.25, 0.3) is 0 Å². The molecule has 0 heterocycles. The fraction of sp³-hybridized carbons (Fsp3) is 0.562. The molecule has 1 aliphatic carbocycles. The Morgan fingerprint density at radius 2 is 1.89 bits per heavy atom. The summed E-state index contributed by atoms with van der Waals surface area (Å²) in [5.74, 6) is 0.735. The number of unbranched alkanes of at least 4 members (excludes halogenated alkanes) is 3. The van der Waals surface area contributed by atoms with Crippen molar-refractivity contribution < 1.29 is 4.79 Å². The lowest BCUT2D eigenvalue weighted by Gasteiger charge is -2.05. The lowest BCUT2D eigenvalue weighted by Crippen LogP contribution is -2.26. The van der Waals surface area contributed by atoms with Gasteiger partial charge in [0.2, 0.25) is 5.91 Å². The van der Waals surface area contributed by atoms with E-state index in [0.717, 1.165) is 38.6 Å². The molecule has 1 aliphatic rings. The average molecular weight is 260 g/mol. The van der Waals surface area contributed by atoms with Gasteiger partial charge in [-0.05, 0) is 31.4 Å². The molecule has 2 unspecified atom stereocenters. The lowest BCUT2D eigenvalue weighted by molar-refractivity contribution is -0.121. The first-order valence-electron chi connectivity index (χ1n) is 7.35. The summed E-state index contributed by atoms with van der Waals surface area (Å²) in [6, 6.07) is 10.8. The van der Waals surface area contributed by atoms with Crippen LogP contribution in [0.3, 0.4) is 0 Å². The fourth-order valence-electron chi connectivity index (χ4n) is 2.49. The summed E-state index contributed by atoms with van der Waals surface area (Å²) >= 11 is 0. The van der Waals surface area contributed by atoms with Gasteiger partial charge in [-0.2, -0.15) is 0 Å². The maximum absolute atomic E-state index is 11.8. The first kappa shape index (κ1) is 14.1. The van der Waals surface area contributed by atoms with Crippen LogP contribution >= 0.6 is 0 Å². The van der Waals surface area contributed by atoms with Gasteiger partial charge in [-0.15, -0.1) is 0 Å². The molecular weight excluding hydrogens is 236 g/mol. The molecule has 2 rings (SSSR count). The van der Waals surface area contributed by atoms with Crippen LogP contribution in [0.15, 0.2) is 30.3 Å². The molecule has 2 atom stereocenters. The molecule has 1 amide bonds. The highest BCUT2D eigenvalue weighted by Crippen LogP contribution is 2.40. The molecule has 1 aromatic rings.